The molecule has 0 bridgehead atoms. The zero-order valence-electron chi connectivity index (χ0n) is 25.7. The van der Waals surface area contributed by atoms with Gasteiger partial charge in [-0.3, -0.25) is 9.59 Å². The van der Waals surface area contributed by atoms with Crippen molar-refractivity contribution in [2.75, 3.05) is 18.8 Å². The highest BCUT2D eigenvalue weighted by molar-refractivity contribution is 7.91. The Morgan fingerprint density at radius 3 is 2.46 bits per heavy atom. The van der Waals surface area contributed by atoms with Crippen molar-refractivity contribution in [3.05, 3.63) is 59.1 Å². The summed E-state index contributed by atoms with van der Waals surface area (Å²) in [5.74, 6) is -2.36. The van der Waals surface area contributed by atoms with Gasteiger partial charge < -0.3 is 25.0 Å². The molecule has 0 aliphatic carbocycles. The van der Waals surface area contributed by atoms with Crippen LogP contribution in [0, 0.1) is 5.92 Å². The molecule has 1 saturated heterocycles. The van der Waals surface area contributed by atoms with Crippen molar-refractivity contribution in [3.63, 3.8) is 0 Å². The number of imidazole rings is 1. The average Bonchev–Trinajstić information content (AvgIpc) is 3.57. The molecule has 3 aromatic rings. The highest BCUT2D eigenvalue weighted by atomic mass is 35.5. The first-order valence-corrected chi connectivity index (χ1v) is 17.0. The van der Waals surface area contributed by atoms with Crippen LogP contribution in [0.5, 0.6) is 0 Å². The van der Waals surface area contributed by atoms with Crippen molar-refractivity contribution >= 4 is 56.0 Å². The second-order valence-electron chi connectivity index (χ2n) is 11.9. The first kappa shape index (κ1) is 33.4. The van der Waals surface area contributed by atoms with Crippen LogP contribution >= 0.6 is 11.6 Å². The summed E-state index contributed by atoms with van der Waals surface area (Å²) in [5.41, 5.74) is 0.634. The molecule has 2 aromatic carbocycles. The van der Waals surface area contributed by atoms with Gasteiger partial charge >= 0.3 is 12.0 Å². The van der Waals surface area contributed by atoms with Crippen molar-refractivity contribution in [1.82, 2.24) is 24.7 Å². The molecule has 13 nitrogen and oxygen atoms in total. The summed E-state index contributed by atoms with van der Waals surface area (Å²) in [6, 6.07) is 8.27. The van der Waals surface area contributed by atoms with Gasteiger partial charge in [0.05, 0.1) is 29.1 Å². The number of aliphatic hydroxyl groups is 1. The van der Waals surface area contributed by atoms with Crippen LogP contribution in [0.1, 0.15) is 45.1 Å². The van der Waals surface area contributed by atoms with Crippen LogP contribution in [-0.2, 0) is 42.1 Å². The van der Waals surface area contributed by atoms with Crippen LogP contribution < -0.4 is 5.32 Å². The van der Waals surface area contributed by atoms with Crippen LogP contribution in [0.3, 0.4) is 0 Å². The van der Waals surface area contributed by atoms with Gasteiger partial charge in [-0.05, 0) is 53.8 Å². The number of carbonyl (C=O) groups excluding carboxylic acids is 4. The Morgan fingerprint density at radius 1 is 1.11 bits per heavy atom. The van der Waals surface area contributed by atoms with Crippen LogP contribution in [0.15, 0.2) is 47.5 Å². The largest absolute Gasteiger partial charge is 0.456 e. The molecule has 46 heavy (non-hydrogen) atoms. The Balaban J connectivity index is 1.15. The molecule has 3 amide bonds. The van der Waals surface area contributed by atoms with Gasteiger partial charge in [-0.25, -0.2) is 27.6 Å². The lowest BCUT2D eigenvalue weighted by atomic mass is 10.0. The third-order valence-corrected chi connectivity index (χ3v) is 10.3. The maximum absolute atomic E-state index is 13.4. The van der Waals surface area contributed by atoms with Crippen molar-refractivity contribution in [2.45, 2.75) is 69.8 Å². The smallest absolute Gasteiger partial charge is 0.330 e. The van der Waals surface area contributed by atoms with Crippen molar-refractivity contribution in [3.8, 4) is 0 Å². The van der Waals surface area contributed by atoms with Gasteiger partial charge in [0.25, 0.3) is 5.91 Å². The third kappa shape index (κ3) is 7.03. The number of amides is 3. The van der Waals surface area contributed by atoms with Gasteiger partial charge in [0, 0.05) is 31.1 Å². The molecule has 1 fully saturated rings. The number of benzene rings is 2. The summed E-state index contributed by atoms with van der Waals surface area (Å²) in [4.78, 5) is 57.8. The third-order valence-electron chi connectivity index (χ3n) is 8.31. The van der Waals surface area contributed by atoms with E-state index in [0.29, 0.717) is 28.9 Å². The fraction of sp³-hybridized carbons (Fsp3) is 0.452. The number of aromatic nitrogens is 2. The minimum Gasteiger partial charge on any atom is -0.456 e. The minimum absolute atomic E-state index is 0.000390. The molecule has 5 rings (SSSR count). The number of hydrogen-bond acceptors (Lipinski definition) is 9. The van der Waals surface area contributed by atoms with Gasteiger partial charge in [0.2, 0.25) is 5.91 Å². The topological polar surface area (TPSA) is 168 Å². The van der Waals surface area contributed by atoms with Crippen LogP contribution in [-0.4, -0.2) is 93.7 Å². The Labute approximate surface area is 271 Å². The second-order valence-corrected chi connectivity index (χ2v) is 14.4. The van der Waals surface area contributed by atoms with E-state index in [4.69, 9.17) is 16.3 Å². The summed E-state index contributed by atoms with van der Waals surface area (Å²) in [7, 11) is -3.97. The number of halogens is 1. The average molecular weight is 674 g/mol. The fourth-order valence-corrected chi connectivity index (χ4v) is 7.36. The number of nitrogens with one attached hydrogen (secondary N) is 1. The number of piperidine rings is 1. The number of esters is 1. The first-order chi connectivity index (χ1) is 21.7. The van der Waals surface area contributed by atoms with Crippen molar-refractivity contribution in [1.29, 1.82) is 0 Å². The molecule has 2 aliphatic rings. The lowest BCUT2D eigenvalue weighted by Gasteiger charge is -2.37. The zero-order valence-corrected chi connectivity index (χ0v) is 27.3. The van der Waals surface area contributed by atoms with Gasteiger partial charge in [0.1, 0.15) is 18.8 Å². The quantitative estimate of drug-likeness (QED) is 0.307. The maximum atomic E-state index is 13.4. The van der Waals surface area contributed by atoms with Gasteiger partial charge in [-0.1, -0.05) is 37.6 Å². The van der Waals surface area contributed by atoms with E-state index < -0.39 is 39.6 Å². The lowest BCUT2D eigenvalue weighted by molar-refractivity contribution is -0.150. The highest BCUT2D eigenvalue weighted by Crippen LogP contribution is 2.28. The predicted molar refractivity (Wildman–Crippen MR) is 167 cm³/mol. The van der Waals surface area contributed by atoms with E-state index in [-0.39, 0.29) is 60.9 Å². The van der Waals surface area contributed by atoms with Gasteiger partial charge in [0.15, 0.2) is 15.7 Å². The number of likely N-dealkylation sites (tertiary alicyclic amines) is 1. The van der Waals surface area contributed by atoms with E-state index in [9.17, 15) is 32.7 Å². The van der Waals surface area contributed by atoms with E-state index in [1.165, 1.54) is 28.5 Å². The number of ether oxygens (including phenoxy) is 1. The Hall–Kier alpha value is -4.01. The second kappa shape index (κ2) is 13.4. The Morgan fingerprint density at radius 2 is 1.78 bits per heavy atom. The molecule has 2 aliphatic heterocycles. The van der Waals surface area contributed by atoms with Crippen LogP contribution in [0.4, 0.5) is 4.79 Å². The summed E-state index contributed by atoms with van der Waals surface area (Å²) in [5, 5.41) is 15.2. The first-order valence-electron chi connectivity index (χ1n) is 14.9. The monoisotopic (exact) mass is 673 g/mol. The summed E-state index contributed by atoms with van der Waals surface area (Å²) in [6.45, 7) is 5.38. The lowest BCUT2D eigenvalue weighted by Crippen LogP contribution is -2.50. The summed E-state index contributed by atoms with van der Waals surface area (Å²) >= 11 is 6.01. The molecular weight excluding hydrogens is 638 g/mol. The molecule has 2 N–H and O–H groups in total. The van der Waals surface area contributed by atoms with E-state index in [1.807, 2.05) is 0 Å². The SMILES string of the molecule is CC(=O)N[C@H](C(=O)OCc1ncc2n1C(=O)N(C1CCN(C(=O)[C@H](O)CS(=O)(=O)c3ccc4cc(Cl)ccc4c3)CC1)C2)C(C)C. The van der Waals surface area contributed by atoms with Crippen LogP contribution in [0.2, 0.25) is 5.02 Å². The number of aliphatic hydroxyl groups excluding tert-OH is 1. The van der Waals surface area contributed by atoms with Crippen molar-refractivity contribution in [2.24, 2.45) is 5.92 Å². The van der Waals surface area contributed by atoms with Gasteiger partial charge in [-0.15, -0.1) is 0 Å². The number of fused-ring (bicyclic) bond motifs is 2. The number of hydrogen-bond donors (Lipinski definition) is 2. The van der Waals surface area contributed by atoms with E-state index >= 15 is 0 Å². The molecule has 3 heterocycles. The number of rotatable bonds is 10. The number of nitrogens with zero attached hydrogens (tertiary/aromatic N) is 4. The molecule has 15 heteroatoms. The predicted octanol–water partition coefficient (Wildman–Crippen LogP) is 2.50. The van der Waals surface area contributed by atoms with Crippen molar-refractivity contribution < 1.29 is 37.4 Å². The van der Waals surface area contributed by atoms with Crippen LogP contribution in [0.25, 0.3) is 10.8 Å². The molecule has 0 saturated carbocycles. The Kier molecular flexibility index (Phi) is 9.70. The molecule has 0 radical (unpaired) electrons. The molecular formula is C31H36ClN5O8S. The number of sulfone groups is 1. The Bertz CT molecular complexity index is 1780. The molecule has 1 aromatic heterocycles. The van der Waals surface area contributed by atoms with Gasteiger partial charge in [-0.2, -0.15) is 0 Å². The normalized spacial score (nSPS) is 16.9. The standard InChI is InChI=1S/C31H36ClN5O8S/c1-18(2)28(34-19(3)38)30(41)45-16-27-33-14-24-15-36(31(42)37(24)27)23-8-10-35(11-9-23)29(40)26(39)17-46(43,44)25-7-5-20-12-22(32)6-4-21(20)13-25/h4-7,12-14,18,23,26,28,39H,8-11,15-17H2,1-3H3,(H,34,38)/t26-,28+/m1/s1. The molecule has 0 spiro atoms. The molecule has 2 atom stereocenters. The fourth-order valence-electron chi connectivity index (χ4n) is 5.85. The highest BCUT2D eigenvalue weighted by Gasteiger charge is 2.38. The maximum Gasteiger partial charge on any atom is 0.330 e. The number of carbonyl (C=O) groups is 4. The molecule has 0 unspecified atom stereocenters. The summed E-state index contributed by atoms with van der Waals surface area (Å²) < 4.78 is 32.9. The van der Waals surface area contributed by atoms with E-state index in [0.717, 1.165) is 5.39 Å². The minimum atomic E-state index is -3.97. The zero-order chi connectivity index (χ0) is 33.3. The van der Waals surface area contributed by atoms with E-state index in [1.54, 1.807) is 49.2 Å². The summed E-state index contributed by atoms with van der Waals surface area (Å²) in [6.07, 6.45) is 0.669. The molecule has 246 valence electrons. The van der Waals surface area contributed by atoms with E-state index in [2.05, 4.69) is 10.3 Å².